The van der Waals surface area contributed by atoms with Gasteiger partial charge in [0.1, 0.15) is 17.1 Å². The molecule has 0 radical (unpaired) electrons. The van der Waals surface area contributed by atoms with E-state index in [0.29, 0.717) is 34.7 Å². The van der Waals surface area contributed by atoms with Crippen molar-refractivity contribution in [3.05, 3.63) is 64.0 Å². The number of phenolic OH excluding ortho intramolecular Hbond substituents is 1. The number of fused-ring (bicyclic) bond motifs is 1. The van der Waals surface area contributed by atoms with Crippen molar-refractivity contribution in [2.45, 2.75) is 20.3 Å². The highest BCUT2D eigenvalue weighted by molar-refractivity contribution is 9.10. The normalized spacial score (nSPS) is 11.7. The van der Waals surface area contributed by atoms with Gasteiger partial charge in [-0.2, -0.15) is 5.10 Å². The first-order valence-electron chi connectivity index (χ1n) is 7.80. The van der Waals surface area contributed by atoms with E-state index in [1.807, 2.05) is 25.1 Å². The lowest BCUT2D eigenvalue weighted by Crippen LogP contribution is -2.22. The maximum absolute atomic E-state index is 12.6. The summed E-state index contributed by atoms with van der Waals surface area (Å²) in [5, 5.41) is 14.3. The third-order valence-electron chi connectivity index (χ3n) is 3.82. The quantitative estimate of drug-likeness (QED) is 0.518. The van der Waals surface area contributed by atoms with E-state index in [0.717, 1.165) is 4.47 Å². The molecule has 3 aromatic rings. The van der Waals surface area contributed by atoms with Crippen molar-refractivity contribution in [1.82, 2.24) is 14.8 Å². The first kappa shape index (κ1) is 17.2. The number of benzene rings is 1. The van der Waals surface area contributed by atoms with Crippen LogP contribution < -0.4 is 5.43 Å². The average Bonchev–Trinajstić information content (AvgIpc) is 2.94. The summed E-state index contributed by atoms with van der Waals surface area (Å²) in [5.41, 5.74) is 5.50. The molecule has 0 unspecified atom stereocenters. The molecule has 1 amide bonds. The number of carbonyl (C=O) groups excluding carboxylic acids is 1. The summed E-state index contributed by atoms with van der Waals surface area (Å²) < 4.78 is 2.55. The second-order valence-electron chi connectivity index (χ2n) is 5.49. The first-order chi connectivity index (χ1) is 12.0. The summed E-state index contributed by atoms with van der Waals surface area (Å²) in [7, 11) is 0. The number of rotatable bonds is 4. The summed E-state index contributed by atoms with van der Waals surface area (Å²) in [6.07, 6.45) is 2.34. The topological polar surface area (TPSA) is 79.0 Å². The molecule has 0 aliphatic heterocycles. The van der Waals surface area contributed by atoms with Gasteiger partial charge in [-0.1, -0.05) is 28.9 Å². The molecule has 2 aromatic heterocycles. The van der Waals surface area contributed by atoms with Gasteiger partial charge in [-0.3, -0.25) is 9.20 Å². The van der Waals surface area contributed by atoms with Gasteiger partial charge in [0.25, 0.3) is 5.91 Å². The van der Waals surface area contributed by atoms with Crippen LogP contribution in [0.1, 0.15) is 35.1 Å². The van der Waals surface area contributed by atoms with Crippen LogP contribution in [0.15, 0.2) is 52.2 Å². The van der Waals surface area contributed by atoms with Crippen molar-refractivity contribution in [3.8, 4) is 5.75 Å². The zero-order chi connectivity index (χ0) is 18.0. The molecule has 2 heterocycles. The van der Waals surface area contributed by atoms with Crippen LogP contribution in [0, 0.1) is 6.92 Å². The van der Waals surface area contributed by atoms with Gasteiger partial charge in [0.2, 0.25) is 0 Å². The number of nitrogens with one attached hydrogen (secondary N) is 1. The SMILES string of the molecule is CC/C(=N\NC(=O)c1c(C)nc2ccccn12)c1cc(Br)ccc1O. The van der Waals surface area contributed by atoms with Crippen LogP contribution in [-0.2, 0) is 0 Å². The summed E-state index contributed by atoms with van der Waals surface area (Å²) in [6.45, 7) is 3.69. The molecule has 7 heteroatoms. The number of aryl methyl sites for hydroxylation is 1. The fourth-order valence-corrected chi connectivity index (χ4v) is 2.99. The minimum atomic E-state index is -0.350. The van der Waals surface area contributed by atoms with Crippen LogP contribution in [0.25, 0.3) is 5.65 Å². The summed E-state index contributed by atoms with van der Waals surface area (Å²) >= 11 is 3.38. The van der Waals surface area contributed by atoms with Crippen LogP contribution in [0.5, 0.6) is 5.75 Å². The van der Waals surface area contributed by atoms with E-state index in [9.17, 15) is 9.90 Å². The predicted octanol–water partition coefficient (Wildman–Crippen LogP) is 3.65. The lowest BCUT2D eigenvalue weighted by Gasteiger charge is -2.08. The Morgan fingerprint density at radius 1 is 1.36 bits per heavy atom. The lowest BCUT2D eigenvalue weighted by molar-refractivity contribution is 0.0948. The van der Waals surface area contributed by atoms with Crippen molar-refractivity contribution >= 4 is 33.2 Å². The van der Waals surface area contributed by atoms with E-state index >= 15 is 0 Å². The number of hydrazone groups is 1. The van der Waals surface area contributed by atoms with E-state index in [1.165, 1.54) is 0 Å². The van der Waals surface area contributed by atoms with Gasteiger partial charge in [0.15, 0.2) is 0 Å². The minimum absolute atomic E-state index is 0.115. The molecular weight excluding hydrogens is 384 g/mol. The lowest BCUT2D eigenvalue weighted by atomic mass is 10.1. The van der Waals surface area contributed by atoms with Crippen molar-refractivity contribution in [2.75, 3.05) is 0 Å². The molecule has 0 saturated carbocycles. The Morgan fingerprint density at radius 3 is 2.92 bits per heavy atom. The zero-order valence-corrected chi connectivity index (χ0v) is 15.4. The van der Waals surface area contributed by atoms with Crippen LogP contribution in [0.4, 0.5) is 0 Å². The number of nitrogens with zero attached hydrogens (tertiary/aromatic N) is 3. The maximum atomic E-state index is 12.6. The fraction of sp³-hybridized carbons (Fsp3) is 0.167. The van der Waals surface area contributed by atoms with Crippen LogP contribution in [-0.4, -0.2) is 26.1 Å². The number of pyridine rings is 1. The number of carbonyl (C=O) groups is 1. The number of phenols is 1. The molecule has 128 valence electrons. The van der Waals surface area contributed by atoms with Crippen molar-refractivity contribution in [3.63, 3.8) is 0 Å². The number of aromatic nitrogens is 2. The number of amides is 1. The molecule has 0 aliphatic carbocycles. The van der Waals surface area contributed by atoms with E-state index in [1.54, 1.807) is 35.7 Å². The summed E-state index contributed by atoms with van der Waals surface area (Å²) in [4.78, 5) is 17.0. The van der Waals surface area contributed by atoms with E-state index in [2.05, 4.69) is 31.4 Å². The molecule has 3 rings (SSSR count). The molecule has 2 N–H and O–H groups in total. The smallest absolute Gasteiger partial charge is 0.290 e. The monoisotopic (exact) mass is 400 g/mol. The third-order valence-corrected chi connectivity index (χ3v) is 4.31. The number of hydrogen-bond acceptors (Lipinski definition) is 4. The number of halogens is 1. The van der Waals surface area contributed by atoms with Crippen LogP contribution >= 0.6 is 15.9 Å². The Bertz CT molecular complexity index is 978. The van der Waals surface area contributed by atoms with Gasteiger partial charge in [-0.15, -0.1) is 0 Å². The Labute approximate surface area is 153 Å². The molecule has 0 atom stereocenters. The molecular formula is C18H17BrN4O2. The fourth-order valence-electron chi connectivity index (χ4n) is 2.63. The van der Waals surface area contributed by atoms with Crippen molar-refractivity contribution in [2.24, 2.45) is 5.10 Å². The van der Waals surface area contributed by atoms with Gasteiger partial charge in [-0.05, 0) is 43.7 Å². The number of imidazole rings is 1. The van der Waals surface area contributed by atoms with Crippen molar-refractivity contribution < 1.29 is 9.90 Å². The Hall–Kier alpha value is -2.67. The molecule has 0 aliphatic rings. The zero-order valence-electron chi connectivity index (χ0n) is 13.8. The summed E-state index contributed by atoms with van der Waals surface area (Å²) in [5.74, 6) is -0.235. The molecule has 0 bridgehead atoms. The molecule has 0 fully saturated rings. The van der Waals surface area contributed by atoms with E-state index < -0.39 is 0 Å². The van der Waals surface area contributed by atoms with Gasteiger partial charge < -0.3 is 5.11 Å². The third kappa shape index (κ3) is 3.41. The minimum Gasteiger partial charge on any atom is -0.507 e. The highest BCUT2D eigenvalue weighted by Gasteiger charge is 2.16. The van der Waals surface area contributed by atoms with E-state index in [4.69, 9.17) is 0 Å². The molecule has 25 heavy (non-hydrogen) atoms. The highest BCUT2D eigenvalue weighted by Crippen LogP contribution is 2.23. The highest BCUT2D eigenvalue weighted by atomic mass is 79.9. The van der Waals surface area contributed by atoms with Crippen LogP contribution in [0.2, 0.25) is 0 Å². The van der Waals surface area contributed by atoms with Gasteiger partial charge in [0.05, 0.1) is 11.4 Å². The molecule has 6 nitrogen and oxygen atoms in total. The first-order valence-corrected chi connectivity index (χ1v) is 8.60. The molecule has 0 saturated heterocycles. The average molecular weight is 401 g/mol. The largest absolute Gasteiger partial charge is 0.507 e. The summed E-state index contributed by atoms with van der Waals surface area (Å²) in [6, 6.07) is 10.6. The number of aromatic hydroxyl groups is 1. The Kier molecular flexibility index (Phi) is 4.85. The maximum Gasteiger partial charge on any atom is 0.290 e. The Balaban J connectivity index is 1.92. The van der Waals surface area contributed by atoms with Crippen LogP contribution in [0.3, 0.4) is 0 Å². The molecule has 1 aromatic carbocycles. The van der Waals surface area contributed by atoms with Crippen molar-refractivity contribution in [1.29, 1.82) is 0 Å². The number of hydrogen-bond donors (Lipinski definition) is 2. The predicted molar refractivity (Wildman–Crippen MR) is 100 cm³/mol. The van der Waals surface area contributed by atoms with Gasteiger partial charge in [-0.25, -0.2) is 10.4 Å². The van der Waals surface area contributed by atoms with Gasteiger partial charge >= 0.3 is 0 Å². The Morgan fingerprint density at radius 2 is 2.16 bits per heavy atom. The second-order valence-corrected chi connectivity index (χ2v) is 6.40. The second kappa shape index (κ2) is 7.06. The molecule has 0 spiro atoms. The standard InChI is InChI=1S/C18H17BrN4O2/c1-3-14(13-10-12(19)7-8-15(13)24)21-22-18(25)17-11(2)20-16-6-4-5-9-23(16)17/h4-10,24H,3H2,1-2H3,(H,22,25)/b21-14+. The van der Waals surface area contributed by atoms with E-state index in [-0.39, 0.29) is 11.7 Å². The van der Waals surface area contributed by atoms with Gasteiger partial charge in [0, 0.05) is 16.2 Å².